The van der Waals surface area contributed by atoms with Crippen molar-refractivity contribution in [3.63, 3.8) is 0 Å². The van der Waals surface area contributed by atoms with E-state index in [0.29, 0.717) is 5.88 Å². The molecule has 2 atom stereocenters. The number of hydrogen-bond donors (Lipinski definition) is 0. The predicted molar refractivity (Wildman–Crippen MR) is 105 cm³/mol. The Labute approximate surface area is 154 Å². The van der Waals surface area contributed by atoms with Crippen LogP contribution in [0.2, 0.25) is 0 Å². The van der Waals surface area contributed by atoms with Crippen LogP contribution in [-0.4, -0.2) is 30.4 Å². The molecule has 1 saturated heterocycles. The van der Waals surface area contributed by atoms with Gasteiger partial charge in [-0.2, -0.15) is 0 Å². The number of hydrogen-bond acceptors (Lipinski definition) is 1. The fourth-order valence-corrected chi connectivity index (χ4v) is 3.68. The summed E-state index contributed by atoms with van der Waals surface area (Å²) < 4.78 is 0. The first-order chi connectivity index (χ1) is 10.4. The van der Waals surface area contributed by atoms with E-state index in [2.05, 4.69) is 56.9 Å². The number of nitrogens with zero attached hydrogens (tertiary/aromatic N) is 1. The molecule has 132 valence electrons. The summed E-state index contributed by atoms with van der Waals surface area (Å²) in [5, 5.41) is 0. The highest BCUT2D eigenvalue weighted by Crippen LogP contribution is 2.25. The highest BCUT2D eigenvalue weighted by atomic mass is 35.5. The molecule has 2 rings (SSSR count). The Kier molecular flexibility index (Phi) is 8.41. The maximum Gasteiger partial charge on any atom is 0.0315 e. The maximum absolute atomic E-state index is 6.07. The molecule has 0 aromatic heterocycles. The molecule has 1 nitrogen and oxygen atoms in total. The third kappa shape index (κ3) is 6.29. The molecule has 0 amide bonds. The molecule has 0 radical (unpaired) electrons. The van der Waals surface area contributed by atoms with E-state index in [1.165, 1.54) is 50.0 Å². The molecule has 1 aromatic rings. The molecule has 1 aromatic carbocycles. The monoisotopic (exact) mass is 357 g/mol. The van der Waals surface area contributed by atoms with Gasteiger partial charge in [0.2, 0.25) is 0 Å². The van der Waals surface area contributed by atoms with Crippen LogP contribution >= 0.6 is 24.0 Å². The van der Waals surface area contributed by atoms with Gasteiger partial charge in [-0.05, 0) is 48.8 Å². The van der Waals surface area contributed by atoms with Crippen LogP contribution in [-0.2, 0) is 11.8 Å². The molecule has 23 heavy (non-hydrogen) atoms. The summed E-state index contributed by atoms with van der Waals surface area (Å²) in [6, 6.07) is 9.10. The Balaban J connectivity index is 0.00000264. The third-order valence-electron chi connectivity index (χ3n) is 4.96. The van der Waals surface area contributed by atoms with Crippen LogP contribution in [0.1, 0.15) is 51.7 Å². The lowest BCUT2D eigenvalue weighted by Crippen LogP contribution is -2.37. The smallest absolute Gasteiger partial charge is 0.0315 e. The summed E-state index contributed by atoms with van der Waals surface area (Å²) >= 11 is 6.07. The first-order valence-electron chi connectivity index (χ1n) is 8.78. The van der Waals surface area contributed by atoms with Gasteiger partial charge >= 0.3 is 0 Å². The lowest BCUT2D eigenvalue weighted by atomic mass is 9.86. The molecular weight excluding hydrogens is 325 g/mol. The molecule has 1 aliphatic rings. The van der Waals surface area contributed by atoms with Crippen LogP contribution in [0.4, 0.5) is 0 Å². The van der Waals surface area contributed by atoms with E-state index >= 15 is 0 Å². The van der Waals surface area contributed by atoms with E-state index in [1.54, 1.807) is 0 Å². The molecule has 0 spiro atoms. The molecule has 0 bridgehead atoms. The van der Waals surface area contributed by atoms with Crippen LogP contribution < -0.4 is 0 Å². The molecule has 3 heteroatoms. The van der Waals surface area contributed by atoms with Crippen molar-refractivity contribution in [1.29, 1.82) is 0 Å². The van der Waals surface area contributed by atoms with Gasteiger partial charge in [-0.3, -0.25) is 0 Å². The zero-order valence-corrected chi connectivity index (χ0v) is 16.7. The quantitative estimate of drug-likeness (QED) is 0.604. The van der Waals surface area contributed by atoms with Gasteiger partial charge in [-0.25, -0.2) is 0 Å². The summed E-state index contributed by atoms with van der Waals surface area (Å²) in [4.78, 5) is 2.66. The number of rotatable bonds is 6. The lowest BCUT2D eigenvalue weighted by molar-refractivity contribution is 0.162. The molecule has 1 heterocycles. The molecule has 0 N–H and O–H groups in total. The molecule has 2 unspecified atom stereocenters. The lowest BCUT2D eigenvalue weighted by Gasteiger charge is -2.32. The van der Waals surface area contributed by atoms with Gasteiger partial charge in [-0.15, -0.1) is 24.0 Å². The first kappa shape index (κ1) is 20.8. The largest absolute Gasteiger partial charge is 0.303 e. The van der Waals surface area contributed by atoms with Crippen molar-refractivity contribution in [2.75, 3.05) is 25.5 Å². The van der Waals surface area contributed by atoms with Crippen molar-refractivity contribution in [2.45, 2.75) is 52.4 Å². The fourth-order valence-electron chi connectivity index (χ4n) is 3.53. The van der Waals surface area contributed by atoms with Crippen molar-refractivity contribution in [1.82, 2.24) is 4.90 Å². The second kappa shape index (κ2) is 9.30. The molecule has 0 aliphatic carbocycles. The maximum atomic E-state index is 6.07. The summed E-state index contributed by atoms with van der Waals surface area (Å²) in [6.07, 6.45) is 3.95. The number of piperidine rings is 1. The zero-order valence-electron chi connectivity index (χ0n) is 15.1. The van der Waals surface area contributed by atoms with Gasteiger partial charge in [0, 0.05) is 24.4 Å². The zero-order chi connectivity index (χ0) is 16.2. The van der Waals surface area contributed by atoms with Gasteiger partial charge < -0.3 is 4.90 Å². The SMILES string of the molecule is CC1CCCN(CC(C)Cc2ccc(C(C)(C)CCl)cc2)C1.Cl. The minimum Gasteiger partial charge on any atom is -0.303 e. The van der Waals surface area contributed by atoms with Gasteiger partial charge in [0.25, 0.3) is 0 Å². The van der Waals surface area contributed by atoms with Gasteiger partial charge in [0.1, 0.15) is 0 Å². The van der Waals surface area contributed by atoms with E-state index in [9.17, 15) is 0 Å². The van der Waals surface area contributed by atoms with E-state index in [4.69, 9.17) is 11.6 Å². The molecule has 1 aliphatic heterocycles. The van der Waals surface area contributed by atoms with Crippen molar-refractivity contribution in [3.05, 3.63) is 35.4 Å². The Hall–Kier alpha value is -0.240. The van der Waals surface area contributed by atoms with Gasteiger partial charge in [0.15, 0.2) is 0 Å². The Bertz CT molecular complexity index is 455. The second-order valence-electron chi connectivity index (χ2n) is 8.03. The van der Waals surface area contributed by atoms with E-state index in [1.807, 2.05) is 0 Å². The van der Waals surface area contributed by atoms with Crippen molar-refractivity contribution in [2.24, 2.45) is 11.8 Å². The van der Waals surface area contributed by atoms with Gasteiger partial charge in [-0.1, -0.05) is 52.0 Å². The van der Waals surface area contributed by atoms with E-state index in [0.717, 1.165) is 11.8 Å². The Morgan fingerprint density at radius 1 is 1.26 bits per heavy atom. The second-order valence-corrected chi connectivity index (χ2v) is 8.30. The van der Waals surface area contributed by atoms with Crippen LogP contribution in [0.3, 0.4) is 0 Å². The number of alkyl halides is 1. The normalized spacial score (nSPS) is 20.8. The van der Waals surface area contributed by atoms with Crippen LogP contribution in [0.25, 0.3) is 0 Å². The predicted octanol–water partition coefficient (Wildman–Crippen LogP) is 5.54. The fraction of sp³-hybridized carbons (Fsp3) is 0.700. The summed E-state index contributed by atoms with van der Waals surface area (Å²) in [5.41, 5.74) is 2.85. The van der Waals surface area contributed by atoms with Crippen molar-refractivity contribution < 1.29 is 0 Å². The molecule has 1 fully saturated rings. The molecular formula is C20H33Cl2N. The Morgan fingerprint density at radius 3 is 2.48 bits per heavy atom. The average molecular weight is 358 g/mol. The summed E-state index contributed by atoms with van der Waals surface area (Å²) in [7, 11) is 0. The van der Waals surface area contributed by atoms with Crippen molar-refractivity contribution >= 4 is 24.0 Å². The summed E-state index contributed by atoms with van der Waals surface area (Å²) in [5.74, 6) is 2.26. The van der Waals surface area contributed by atoms with E-state index < -0.39 is 0 Å². The third-order valence-corrected chi connectivity index (χ3v) is 5.63. The number of benzene rings is 1. The molecule has 0 saturated carbocycles. The van der Waals surface area contributed by atoms with Crippen LogP contribution in [0, 0.1) is 11.8 Å². The number of halogens is 2. The number of likely N-dealkylation sites (tertiary alicyclic amines) is 1. The standard InChI is InChI=1S/C20H32ClN.ClH/c1-16-6-5-11-22(13-16)14-17(2)12-18-7-9-19(10-8-18)20(3,4)15-21;/h7-10,16-17H,5-6,11-15H2,1-4H3;1H. The Morgan fingerprint density at radius 2 is 1.91 bits per heavy atom. The van der Waals surface area contributed by atoms with Crippen LogP contribution in [0.15, 0.2) is 24.3 Å². The van der Waals surface area contributed by atoms with Gasteiger partial charge in [0.05, 0.1) is 0 Å². The van der Waals surface area contributed by atoms with E-state index in [-0.39, 0.29) is 17.8 Å². The van der Waals surface area contributed by atoms with Crippen molar-refractivity contribution in [3.8, 4) is 0 Å². The average Bonchev–Trinajstić information content (AvgIpc) is 2.47. The van der Waals surface area contributed by atoms with Crippen LogP contribution in [0.5, 0.6) is 0 Å². The first-order valence-corrected chi connectivity index (χ1v) is 9.32. The highest BCUT2D eigenvalue weighted by molar-refractivity contribution is 6.18. The topological polar surface area (TPSA) is 3.24 Å². The minimum absolute atomic E-state index is 0. The minimum atomic E-state index is 0. The summed E-state index contributed by atoms with van der Waals surface area (Å²) in [6.45, 7) is 13.0. The highest BCUT2D eigenvalue weighted by Gasteiger charge is 2.20.